The molecule has 0 unspecified atom stereocenters. The second-order valence-corrected chi connectivity index (χ2v) is 3.95. The summed E-state index contributed by atoms with van der Waals surface area (Å²) in [5.74, 6) is -1.29. The smallest absolute Gasteiger partial charge is 0.380 e. The van der Waals surface area contributed by atoms with Crippen molar-refractivity contribution in [3.63, 3.8) is 0 Å². The highest BCUT2D eigenvalue weighted by molar-refractivity contribution is 5.07. The molecule has 13 heavy (non-hydrogen) atoms. The third-order valence-corrected chi connectivity index (χ3v) is 3.34. The van der Waals surface area contributed by atoms with Gasteiger partial charge in [0, 0.05) is 24.9 Å². The van der Waals surface area contributed by atoms with E-state index in [2.05, 4.69) is 5.32 Å². The maximum atomic E-state index is 12.6. The highest BCUT2D eigenvalue weighted by Crippen LogP contribution is 2.51. The van der Waals surface area contributed by atoms with E-state index in [4.69, 9.17) is 0 Å². The molecule has 0 spiro atoms. The van der Waals surface area contributed by atoms with Crippen LogP contribution in [0.25, 0.3) is 0 Å². The van der Waals surface area contributed by atoms with Crippen molar-refractivity contribution in [1.82, 2.24) is 5.32 Å². The summed E-state index contributed by atoms with van der Waals surface area (Å²) in [5.41, 5.74) is -2.42. The molecule has 76 valence electrons. The Kier molecular flexibility index (Phi) is 1.86. The Morgan fingerprint density at radius 2 is 1.62 bits per heavy atom. The Balaban J connectivity index is 2.31. The van der Waals surface area contributed by atoms with Crippen LogP contribution in [0.5, 0.6) is 0 Å². The largest absolute Gasteiger partial charge is 0.417 e. The van der Waals surface area contributed by atoms with Crippen LogP contribution in [0, 0.1) is 11.8 Å². The third-order valence-electron chi connectivity index (χ3n) is 3.34. The lowest BCUT2D eigenvalue weighted by atomic mass is 9.80. The molecule has 2 atom stereocenters. The Labute approximate surface area is 74.1 Å². The van der Waals surface area contributed by atoms with E-state index in [1.54, 1.807) is 0 Å². The predicted molar refractivity (Wildman–Crippen MR) is 40.1 cm³/mol. The number of fused-ring (bicyclic) bond motifs is 2. The molecular weight excluding hydrogens is 183 g/mol. The second-order valence-electron chi connectivity index (χ2n) is 3.95. The molecule has 2 bridgehead atoms. The van der Waals surface area contributed by atoms with Crippen LogP contribution in [0.15, 0.2) is 0 Å². The van der Waals surface area contributed by atoms with Crippen molar-refractivity contribution >= 4 is 0 Å². The minimum absolute atomic E-state index is 0.284. The zero-order valence-corrected chi connectivity index (χ0v) is 7.06. The molecule has 1 aliphatic heterocycles. The van der Waals surface area contributed by atoms with Gasteiger partial charge >= 0.3 is 6.18 Å². The highest BCUT2D eigenvalue weighted by atomic mass is 19.4. The van der Waals surface area contributed by atoms with Gasteiger partial charge in [0.15, 0.2) is 5.60 Å². The van der Waals surface area contributed by atoms with Gasteiger partial charge in [-0.2, -0.15) is 13.2 Å². The Morgan fingerprint density at radius 1 is 1.15 bits per heavy atom. The average Bonchev–Trinajstić information content (AvgIpc) is 2.26. The van der Waals surface area contributed by atoms with E-state index >= 15 is 0 Å². The van der Waals surface area contributed by atoms with Crippen LogP contribution in [0.1, 0.15) is 12.8 Å². The molecule has 0 aromatic rings. The predicted octanol–water partition coefficient (Wildman–Crippen LogP) is 0.909. The van der Waals surface area contributed by atoms with E-state index in [0.29, 0.717) is 12.8 Å². The van der Waals surface area contributed by atoms with Gasteiger partial charge in [-0.25, -0.2) is 0 Å². The molecule has 2 fully saturated rings. The van der Waals surface area contributed by atoms with Gasteiger partial charge in [0.05, 0.1) is 0 Å². The first-order valence-electron chi connectivity index (χ1n) is 4.46. The van der Waals surface area contributed by atoms with Gasteiger partial charge in [-0.3, -0.25) is 0 Å². The van der Waals surface area contributed by atoms with Gasteiger partial charge in [-0.05, 0) is 12.8 Å². The zero-order chi connectivity index (χ0) is 9.69. The molecule has 0 aromatic heterocycles. The molecule has 2 nitrogen and oxygen atoms in total. The lowest BCUT2D eigenvalue weighted by Crippen LogP contribution is -2.60. The van der Waals surface area contributed by atoms with Gasteiger partial charge in [-0.15, -0.1) is 0 Å². The monoisotopic (exact) mass is 195 g/mol. The first-order chi connectivity index (χ1) is 5.96. The summed E-state index contributed by atoms with van der Waals surface area (Å²) < 4.78 is 37.8. The number of hydrogen-bond acceptors (Lipinski definition) is 2. The van der Waals surface area contributed by atoms with Crippen LogP contribution < -0.4 is 5.32 Å². The number of nitrogens with one attached hydrogen (secondary N) is 1. The molecule has 5 heteroatoms. The maximum Gasteiger partial charge on any atom is 0.417 e. The number of rotatable bonds is 0. The summed E-state index contributed by atoms with van der Waals surface area (Å²) >= 11 is 0. The molecule has 2 aliphatic rings. The zero-order valence-electron chi connectivity index (χ0n) is 7.06. The van der Waals surface area contributed by atoms with Crippen LogP contribution in [0.4, 0.5) is 13.2 Å². The summed E-state index contributed by atoms with van der Waals surface area (Å²) in [6.45, 7) is 0.568. The lowest BCUT2D eigenvalue weighted by Gasteiger charge is -2.40. The first-order valence-corrected chi connectivity index (χ1v) is 4.46. The Bertz CT molecular complexity index is 200. The molecule has 2 rings (SSSR count). The van der Waals surface area contributed by atoms with E-state index in [1.165, 1.54) is 0 Å². The standard InChI is InChI=1S/C8H12F3NO/c9-8(10,11)7(13)5-1-2-6(7)4-12-3-5/h5-6,12-13H,1-4H2/t5-,6-/m0/s1. The fourth-order valence-corrected chi connectivity index (χ4v) is 2.59. The summed E-state index contributed by atoms with van der Waals surface area (Å²) in [6.07, 6.45) is -3.51. The number of alkyl halides is 3. The average molecular weight is 195 g/mol. The van der Waals surface area contributed by atoms with Gasteiger partial charge in [0.2, 0.25) is 0 Å². The highest BCUT2D eigenvalue weighted by Gasteiger charge is 2.66. The van der Waals surface area contributed by atoms with Crippen molar-refractivity contribution in [2.75, 3.05) is 13.1 Å². The second kappa shape index (κ2) is 2.60. The molecule has 2 N–H and O–H groups in total. The van der Waals surface area contributed by atoms with Crippen LogP contribution >= 0.6 is 0 Å². The molecule has 1 saturated heterocycles. The topological polar surface area (TPSA) is 32.3 Å². The molecule has 1 aliphatic carbocycles. The molecule has 0 amide bonds. The molecular formula is C8H12F3NO. The lowest BCUT2D eigenvalue weighted by molar-refractivity contribution is -0.291. The minimum atomic E-state index is -4.47. The Hall–Kier alpha value is -0.290. The summed E-state index contributed by atoms with van der Waals surface area (Å²) in [5, 5.41) is 12.6. The molecule has 0 aromatic carbocycles. The molecule has 0 radical (unpaired) electrons. The third kappa shape index (κ3) is 1.10. The number of hydrogen-bond donors (Lipinski definition) is 2. The quantitative estimate of drug-likeness (QED) is 0.602. The van der Waals surface area contributed by atoms with Crippen molar-refractivity contribution < 1.29 is 18.3 Å². The van der Waals surface area contributed by atoms with E-state index in [1.807, 2.05) is 0 Å². The SMILES string of the molecule is OC1(C(F)(F)F)[C@H]2CC[C@H]1CNC2. The number of halogens is 3. The van der Waals surface area contributed by atoms with Crippen molar-refractivity contribution in [2.45, 2.75) is 24.6 Å². The fraction of sp³-hybridized carbons (Fsp3) is 1.00. The van der Waals surface area contributed by atoms with Crippen LogP contribution in [0.3, 0.4) is 0 Å². The van der Waals surface area contributed by atoms with Crippen LogP contribution in [-0.2, 0) is 0 Å². The van der Waals surface area contributed by atoms with E-state index in [9.17, 15) is 18.3 Å². The van der Waals surface area contributed by atoms with Crippen molar-refractivity contribution in [3.8, 4) is 0 Å². The number of aliphatic hydroxyl groups is 1. The van der Waals surface area contributed by atoms with Crippen molar-refractivity contribution in [3.05, 3.63) is 0 Å². The Morgan fingerprint density at radius 3 is 1.92 bits per heavy atom. The molecule has 1 heterocycles. The van der Waals surface area contributed by atoms with Gasteiger partial charge in [0.1, 0.15) is 0 Å². The van der Waals surface area contributed by atoms with Gasteiger partial charge in [0.25, 0.3) is 0 Å². The van der Waals surface area contributed by atoms with Crippen LogP contribution in [-0.4, -0.2) is 30.0 Å². The van der Waals surface area contributed by atoms with Gasteiger partial charge in [-0.1, -0.05) is 0 Å². The number of piperidine rings is 1. The maximum absolute atomic E-state index is 12.6. The first kappa shape index (κ1) is 9.27. The normalized spacial score (nSPS) is 45.2. The summed E-state index contributed by atoms with van der Waals surface area (Å²) in [6, 6.07) is 0. The minimum Gasteiger partial charge on any atom is -0.380 e. The van der Waals surface area contributed by atoms with E-state index < -0.39 is 23.6 Å². The summed E-state index contributed by atoms with van der Waals surface area (Å²) in [4.78, 5) is 0. The fourth-order valence-electron chi connectivity index (χ4n) is 2.59. The van der Waals surface area contributed by atoms with Crippen molar-refractivity contribution in [2.24, 2.45) is 11.8 Å². The van der Waals surface area contributed by atoms with Gasteiger partial charge < -0.3 is 10.4 Å². The van der Waals surface area contributed by atoms with Crippen molar-refractivity contribution in [1.29, 1.82) is 0 Å². The van der Waals surface area contributed by atoms with E-state index in [-0.39, 0.29) is 13.1 Å². The summed E-state index contributed by atoms with van der Waals surface area (Å²) in [7, 11) is 0. The van der Waals surface area contributed by atoms with Crippen LogP contribution in [0.2, 0.25) is 0 Å². The molecule has 1 saturated carbocycles. The van der Waals surface area contributed by atoms with E-state index in [0.717, 1.165) is 0 Å².